The molecule has 3 nitrogen and oxygen atoms in total. The lowest BCUT2D eigenvalue weighted by Crippen LogP contribution is -2.38. The van der Waals surface area contributed by atoms with Crippen LogP contribution < -0.4 is 5.73 Å². The molecular weight excluding hydrogens is 282 g/mol. The minimum atomic E-state index is -0.700. The zero-order chi connectivity index (χ0) is 14.6. The number of carbonyl (C=O) groups is 1. The van der Waals surface area contributed by atoms with Gasteiger partial charge in [0.05, 0.1) is 0 Å². The quantitative estimate of drug-likeness (QED) is 0.685. The Hall–Kier alpha value is -0.710. The number of ether oxygens (including phenoxy) is 1. The topological polar surface area (TPSA) is 52.3 Å². The molecule has 0 aliphatic carbocycles. The molecule has 2 N–H and O–H groups in total. The standard InChI is InChI=1S/C14H20ClNO2S/c1-14(2,3)18-13(17)12(16)8-9-7-10(19-4)5-6-11(9)15/h5-7,12H,8,16H2,1-4H3. The second-order valence-corrected chi connectivity index (χ2v) is 6.59. The number of halogens is 1. The normalized spacial score (nSPS) is 13.2. The van der Waals surface area contributed by atoms with Crippen LogP contribution in [0.5, 0.6) is 0 Å². The van der Waals surface area contributed by atoms with Gasteiger partial charge in [0, 0.05) is 9.92 Å². The van der Waals surface area contributed by atoms with Gasteiger partial charge in [0.1, 0.15) is 11.6 Å². The smallest absolute Gasteiger partial charge is 0.323 e. The number of nitrogens with two attached hydrogens (primary N) is 1. The first-order valence-electron chi connectivity index (χ1n) is 6.04. The molecule has 0 bridgehead atoms. The largest absolute Gasteiger partial charge is 0.459 e. The van der Waals surface area contributed by atoms with E-state index in [1.165, 1.54) is 0 Å². The van der Waals surface area contributed by atoms with Crippen molar-refractivity contribution in [1.29, 1.82) is 0 Å². The first-order valence-corrected chi connectivity index (χ1v) is 7.64. The highest BCUT2D eigenvalue weighted by Gasteiger charge is 2.23. The van der Waals surface area contributed by atoms with Crippen LogP contribution in [0, 0.1) is 0 Å². The Morgan fingerprint density at radius 2 is 2.11 bits per heavy atom. The Labute approximate surface area is 123 Å². The second-order valence-electron chi connectivity index (χ2n) is 5.30. The van der Waals surface area contributed by atoms with Gasteiger partial charge in [-0.3, -0.25) is 4.79 Å². The molecule has 0 aliphatic rings. The molecule has 0 fully saturated rings. The highest BCUT2D eigenvalue weighted by Crippen LogP contribution is 2.24. The van der Waals surface area contributed by atoms with Crippen LogP contribution in [0.3, 0.4) is 0 Å². The van der Waals surface area contributed by atoms with E-state index in [1.807, 2.05) is 45.2 Å². The number of rotatable bonds is 4. The molecule has 0 heterocycles. The van der Waals surface area contributed by atoms with E-state index in [0.717, 1.165) is 10.5 Å². The fraction of sp³-hybridized carbons (Fsp3) is 0.500. The van der Waals surface area contributed by atoms with Crippen molar-refractivity contribution < 1.29 is 9.53 Å². The van der Waals surface area contributed by atoms with Crippen molar-refractivity contribution in [3.05, 3.63) is 28.8 Å². The SMILES string of the molecule is CSc1ccc(Cl)c(CC(N)C(=O)OC(C)(C)C)c1. The van der Waals surface area contributed by atoms with Crippen molar-refractivity contribution in [2.45, 2.75) is 43.7 Å². The van der Waals surface area contributed by atoms with Crippen LogP contribution in [0.1, 0.15) is 26.3 Å². The molecule has 106 valence electrons. The van der Waals surface area contributed by atoms with E-state index >= 15 is 0 Å². The van der Waals surface area contributed by atoms with Crippen molar-refractivity contribution >= 4 is 29.3 Å². The molecule has 1 aromatic carbocycles. The Bertz CT molecular complexity index is 457. The summed E-state index contributed by atoms with van der Waals surface area (Å²) in [4.78, 5) is 12.9. The second kappa shape index (κ2) is 6.64. The molecule has 0 radical (unpaired) electrons. The van der Waals surface area contributed by atoms with Crippen molar-refractivity contribution in [3.8, 4) is 0 Å². The zero-order valence-corrected chi connectivity index (χ0v) is 13.3. The third-order valence-electron chi connectivity index (χ3n) is 2.40. The molecule has 1 atom stereocenters. The number of esters is 1. The van der Waals surface area contributed by atoms with Gasteiger partial charge in [0.25, 0.3) is 0 Å². The Morgan fingerprint density at radius 3 is 2.63 bits per heavy atom. The predicted octanol–water partition coefficient (Wildman–Crippen LogP) is 3.27. The van der Waals surface area contributed by atoms with Crippen molar-refractivity contribution in [3.63, 3.8) is 0 Å². The van der Waals surface area contributed by atoms with E-state index in [4.69, 9.17) is 22.1 Å². The minimum Gasteiger partial charge on any atom is -0.459 e. The van der Waals surface area contributed by atoms with Gasteiger partial charge < -0.3 is 10.5 Å². The van der Waals surface area contributed by atoms with E-state index in [1.54, 1.807) is 11.8 Å². The average Bonchev–Trinajstić information content (AvgIpc) is 2.29. The van der Waals surface area contributed by atoms with Crippen LogP contribution in [-0.4, -0.2) is 23.9 Å². The molecule has 0 saturated carbocycles. The summed E-state index contributed by atoms with van der Waals surface area (Å²) in [7, 11) is 0. The average molecular weight is 302 g/mol. The zero-order valence-electron chi connectivity index (χ0n) is 11.7. The summed E-state index contributed by atoms with van der Waals surface area (Å²) >= 11 is 7.74. The molecule has 0 aliphatic heterocycles. The summed E-state index contributed by atoms with van der Waals surface area (Å²) in [6.07, 6.45) is 2.36. The lowest BCUT2D eigenvalue weighted by Gasteiger charge is -2.22. The molecule has 0 amide bonds. The van der Waals surface area contributed by atoms with Crippen LogP contribution in [0.15, 0.2) is 23.1 Å². The fourth-order valence-electron chi connectivity index (χ4n) is 1.53. The number of benzene rings is 1. The van der Waals surface area contributed by atoms with Gasteiger partial charge in [-0.25, -0.2) is 0 Å². The number of hydrogen-bond donors (Lipinski definition) is 1. The van der Waals surface area contributed by atoms with E-state index in [0.29, 0.717) is 11.4 Å². The molecule has 0 aromatic heterocycles. The van der Waals surface area contributed by atoms with Gasteiger partial charge in [-0.15, -0.1) is 11.8 Å². The summed E-state index contributed by atoms with van der Waals surface area (Å²) in [5.41, 5.74) is 6.22. The van der Waals surface area contributed by atoms with E-state index in [2.05, 4.69) is 0 Å². The minimum absolute atomic E-state index is 0.377. The molecule has 19 heavy (non-hydrogen) atoms. The lowest BCUT2D eigenvalue weighted by molar-refractivity contribution is -0.156. The summed E-state index contributed by atoms with van der Waals surface area (Å²) in [5.74, 6) is -0.405. The van der Waals surface area contributed by atoms with Gasteiger partial charge in [-0.1, -0.05) is 11.6 Å². The maximum Gasteiger partial charge on any atom is 0.323 e. The first-order chi connectivity index (χ1) is 8.73. The molecule has 0 saturated heterocycles. The molecule has 1 aromatic rings. The lowest BCUT2D eigenvalue weighted by atomic mass is 10.1. The first kappa shape index (κ1) is 16.3. The summed E-state index contributed by atoms with van der Waals surface area (Å²) in [6.45, 7) is 5.46. The van der Waals surface area contributed by atoms with Crippen molar-refractivity contribution in [2.75, 3.05) is 6.26 Å². The van der Waals surface area contributed by atoms with Crippen molar-refractivity contribution in [1.82, 2.24) is 0 Å². The van der Waals surface area contributed by atoms with Crippen LogP contribution in [-0.2, 0) is 16.0 Å². The number of carbonyl (C=O) groups excluding carboxylic acids is 1. The van der Waals surface area contributed by atoms with Crippen molar-refractivity contribution in [2.24, 2.45) is 5.73 Å². The van der Waals surface area contributed by atoms with Gasteiger partial charge in [0.15, 0.2) is 0 Å². The molecular formula is C14H20ClNO2S. The van der Waals surface area contributed by atoms with E-state index < -0.39 is 17.6 Å². The maximum atomic E-state index is 11.8. The molecule has 0 spiro atoms. The van der Waals surface area contributed by atoms with Gasteiger partial charge >= 0.3 is 5.97 Å². The molecule has 5 heteroatoms. The highest BCUT2D eigenvalue weighted by atomic mass is 35.5. The Balaban J connectivity index is 2.76. The summed E-state index contributed by atoms with van der Waals surface area (Å²) in [5, 5.41) is 0.622. The van der Waals surface area contributed by atoms with E-state index in [9.17, 15) is 4.79 Å². The Morgan fingerprint density at radius 1 is 1.47 bits per heavy atom. The summed E-state index contributed by atoms with van der Waals surface area (Å²) < 4.78 is 5.26. The van der Waals surface area contributed by atoms with Crippen LogP contribution >= 0.6 is 23.4 Å². The fourth-order valence-corrected chi connectivity index (χ4v) is 2.19. The van der Waals surface area contributed by atoms with Crippen LogP contribution in [0.25, 0.3) is 0 Å². The third kappa shape index (κ3) is 5.43. The maximum absolute atomic E-state index is 11.8. The number of hydrogen-bond acceptors (Lipinski definition) is 4. The monoisotopic (exact) mass is 301 g/mol. The Kier molecular flexibility index (Phi) is 5.71. The van der Waals surface area contributed by atoms with Gasteiger partial charge in [0.2, 0.25) is 0 Å². The third-order valence-corrected chi connectivity index (χ3v) is 3.50. The number of thioether (sulfide) groups is 1. The van der Waals surface area contributed by atoms with E-state index in [-0.39, 0.29) is 0 Å². The predicted molar refractivity (Wildman–Crippen MR) is 80.8 cm³/mol. The van der Waals surface area contributed by atoms with Crippen LogP contribution in [0.2, 0.25) is 5.02 Å². The highest BCUT2D eigenvalue weighted by molar-refractivity contribution is 7.98. The summed E-state index contributed by atoms with van der Waals surface area (Å²) in [6, 6.07) is 5.02. The molecule has 1 unspecified atom stereocenters. The van der Waals surface area contributed by atoms with Gasteiger partial charge in [-0.2, -0.15) is 0 Å². The van der Waals surface area contributed by atoms with Crippen LogP contribution in [0.4, 0.5) is 0 Å². The molecule has 1 rings (SSSR count). The van der Waals surface area contributed by atoms with Gasteiger partial charge in [-0.05, 0) is 57.2 Å².